The predicted molar refractivity (Wildman–Crippen MR) is 68.7 cm³/mol. The van der Waals surface area contributed by atoms with Gasteiger partial charge in [-0.3, -0.25) is 4.98 Å². The Kier molecular flexibility index (Phi) is 4.99. The topological polar surface area (TPSA) is 24.9 Å². The lowest BCUT2D eigenvalue weighted by Crippen LogP contribution is -2.24. The molecule has 1 heterocycles. The van der Waals surface area contributed by atoms with E-state index in [-0.39, 0.29) is 0 Å². The van der Waals surface area contributed by atoms with E-state index >= 15 is 0 Å². The average Bonchev–Trinajstić information content (AvgIpc) is 2.15. The number of hydrogen-bond donors (Lipinski definition) is 1. The van der Waals surface area contributed by atoms with Gasteiger partial charge in [-0.2, -0.15) is 0 Å². The molecule has 0 amide bonds. The monoisotopic (exact) mass is 268 g/mol. The second kappa shape index (κ2) is 6.03. The maximum absolute atomic E-state index is 4.12. The minimum Gasteiger partial charge on any atom is -0.311 e. The molecule has 0 aliphatic rings. The zero-order chi connectivity index (χ0) is 11.3. The Balaban J connectivity index is 2.62. The van der Waals surface area contributed by atoms with Crippen LogP contribution in [0.2, 0.25) is 0 Å². The highest BCUT2D eigenvalue weighted by molar-refractivity contribution is 9.10. The molecule has 0 radical (unpaired) electrons. The van der Waals surface area contributed by atoms with Crippen LogP contribution in [0.5, 0.6) is 0 Å². The first-order chi connectivity index (χ1) is 7.08. The lowest BCUT2D eigenvalue weighted by atomic mass is 10.2. The fraction of sp³-hybridized carbons (Fsp3) is 0.417. The minimum atomic E-state index is 0.522. The molecule has 0 aromatic carbocycles. The standard InChI is InChI=1S/C12H17BrN2/c1-9(2)15-6-10(3)4-11-5-12(13)8-14-7-11/h4-5,7-9,15H,6H2,1-3H3/b10-4+. The van der Waals surface area contributed by atoms with Crippen molar-refractivity contribution in [1.29, 1.82) is 0 Å². The summed E-state index contributed by atoms with van der Waals surface area (Å²) in [5.74, 6) is 0. The molecule has 0 bridgehead atoms. The van der Waals surface area contributed by atoms with Crippen LogP contribution in [0.3, 0.4) is 0 Å². The molecule has 0 fully saturated rings. The van der Waals surface area contributed by atoms with Crippen molar-refractivity contribution in [3.05, 3.63) is 34.1 Å². The first-order valence-electron chi connectivity index (χ1n) is 5.09. The van der Waals surface area contributed by atoms with Crippen LogP contribution in [0.25, 0.3) is 6.08 Å². The Bertz CT molecular complexity index is 345. The Morgan fingerprint density at radius 2 is 2.27 bits per heavy atom. The molecule has 0 atom stereocenters. The molecule has 0 spiro atoms. The van der Waals surface area contributed by atoms with E-state index < -0.39 is 0 Å². The summed E-state index contributed by atoms with van der Waals surface area (Å²) in [6.45, 7) is 7.34. The number of halogens is 1. The van der Waals surface area contributed by atoms with Crippen molar-refractivity contribution in [3.8, 4) is 0 Å². The normalized spacial score (nSPS) is 12.2. The molecule has 1 aromatic rings. The van der Waals surface area contributed by atoms with Crippen LogP contribution < -0.4 is 5.32 Å². The zero-order valence-corrected chi connectivity index (χ0v) is 11.0. The highest BCUT2D eigenvalue weighted by Gasteiger charge is 1.95. The summed E-state index contributed by atoms with van der Waals surface area (Å²) in [6.07, 6.45) is 5.80. The SMILES string of the molecule is C/C(=C\c1cncc(Br)c1)CNC(C)C. The van der Waals surface area contributed by atoms with Crippen LogP contribution in [0.1, 0.15) is 26.3 Å². The van der Waals surface area contributed by atoms with Crippen molar-refractivity contribution in [2.45, 2.75) is 26.8 Å². The summed E-state index contributed by atoms with van der Waals surface area (Å²) in [5, 5.41) is 3.38. The number of pyridine rings is 1. The van der Waals surface area contributed by atoms with E-state index in [1.165, 1.54) is 5.57 Å². The fourth-order valence-corrected chi connectivity index (χ4v) is 1.59. The number of hydrogen-bond acceptors (Lipinski definition) is 2. The average molecular weight is 269 g/mol. The summed E-state index contributed by atoms with van der Waals surface area (Å²) in [7, 11) is 0. The maximum atomic E-state index is 4.12. The molecule has 0 aliphatic carbocycles. The first-order valence-corrected chi connectivity index (χ1v) is 5.88. The largest absolute Gasteiger partial charge is 0.311 e. The van der Waals surface area contributed by atoms with Gasteiger partial charge in [-0.15, -0.1) is 0 Å². The third-order valence-electron chi connectivity index (χ3n) is 1.93. The van der Waals surface area contributed by atoms with Gasteiger partial charge in [-0.1, -0.05) is 25.5 Å². The van der Waals surface area contributed by atoms with E-state index in [1.54, 1.807) is 6.20 Å². The molecule has 2 nitrogen and oxygen atoms in total. The lowest BCUT2D eigenvalue weighted by molar-refractivity contribution is 0.623. The summed E-state index contributed by atoms with van der Waals surface area (Å²) in [5.41, 5.74) is 2.44. The van der Waals surface area contributed by atoms with E-state index in [1.807, 2.05) is 6.20 Å². The van der Waals surface area contributed by atoms with Gasteiger partial charge in [0.05, 0.1) is 0 Å². The van der Waals surface area contributed by atoms with Crippen LogP contribution in [0.4, 0.5) is 0 Å². The minimum absolute atomic E-state index is 0.522. The Labute approximate surface area is 99.9 Å². The van der Waals surface area contributed by atoms with Crippen LogP contribution in [-0.2, 0) is 0 Å². The first kappa shape index (κ1) is 12.4. The van der Waals surface area contributed by atoms with Gasteiger partial charge in [-0.25, -0.2) is 0 Å². The number of nitrogens with one attached hydrogen (secondary N) is 1. The Morgan fingerprint density at radius 1 is 1.53 bits per heavy atom. The molecule has 0 saturated heterocycles. The molecular weight excluding hydrogens is 252 g/mol. The van der Waals surface area contributed by atoms with E-state index in [0.717, 1.165) is 16.6 Å². The van der Waals surface area contributed by atoms with Gasteiger partial charge in [-0.05, 0) is 34.5 Å². The van der Waals surface area contributed by atoms with E-state index in [4.69, 9.17) is 0 Å². The van der Waals surface area contributed by atoms with E-state index in [0.29, 0.717) is 6.04 Å². The van der Waals surface area contributed by atoms with Gasteiger partial charge in [0.25, 0.3) is 0 Å². The van der Waals surface area contributed by atoms with Gasteiger partial charge in [0.15, 0.2) is 0 Å². The third-order valence-corrected chi connectivity index (χ3v) is 2.36. The summed E-state index contributed by atoms with van der Waals surface area (Å²) < 4.78 is 1.01. The van der Waals surface area contributed by atoms with Gasteiger partial charge < -0.3 is 5.32 Å². The Morgan fingerprint density at radius 3 is 2.87 bits per heavy atom. The summed E-state index contributed by atoms with van der Waals surface area (Å²) in [6, 6.07) is 2.58. The molecule has 0 aliphatic heterocycles. The quantitative estimate of drug-likeness (QED) is 0.907. The fourth-order valence-electron chi connectivity index (χ4n) is 1.21. The van der Waals surface area contributed by atoms with Crippen LogP contribution >= 0.6 is 15.9 Å². The number of nitrogens with zero attached hydrogens (tertiary/aromatic N) is 1. The van der Waals surface area contributed by atoms with Crippen molar-refractivity contribution in [2.75, 3.05) is 6.54 Å². The molecule has 1 rings (SSSR count). The summed E-state index contributed by atoms with van der Waals surface area (Å²) in [4.78, 5) is 4.12. The van der Waals surface area contributed by atoms with Gasteiger partial charge in [0.1, 0.15) is 0 Å². The smallest absolute Gasteiger partial charge is 0.0410 e. The lowest BCUT2D eigenvalue weighted by Gasteiger charge is -2.08. The van der Waals surface area contributed by atoms with Gasteiger partial charge in [0, 0.05) is 29.5 Å². The molecule has 1 N–H and O–H groups in total. The highest BCUT2D eigenvalue weighted by atomic mass is 79.9. The molecular formula is C12H17BrN2. The molecule has 15 heavy (non-hydrogen) atoms. The van der Waals surface area contributed by atoms with Crippen LogP contribution in [0, 0.1) is 0 Å². The van der Waals surface area contributed by atoms with Gasteiger partial charge in [0.2, 0.25) is 0 Å². The maximum Gasteiger partial charge on any atom is 0.0410 e. The second-order valence-corrected chi connectivity index (χ2v) is 4.88. The van der Waals surface area contributed by atoms with Crippen molar-refractivity contribution < 1.29 is 0 Å². The number of rotatable bonds is 4. The van der Waals surface area contributed by atoms with E-state index in [2.05, 4.69) is 59.1 Å². The summed E-state index contributed by atoms with van der Waals surface area (Å²) >= 11 is 3.41. The highest BCUT2D eigenvalue weighted by Crippen LogP contribution is 2.12. The van der Waals surface area contributed by atoms with Crippen LogP contribution in [0.15, 0.2) is 28.5 Å². The molecule has 0 unspecified atom stereocenters. The second-order valence-electron chi connectivity index (χ2n) is 3.96. The van der Waals surface area contributed by atoms with Gasteiger partial charge >= 0.3 is 0 Å². The molecule has 3 heteroatoms. The van der Waals surface area contributed by atoms with Crippen molar-refractivity contribution in [1.82, 2.24) is 10.3 Å². The van der Waals surface area contributed by atoms with Crippen molar-refractivity contribution in [3.63, 3.8) is 0 Å². The van der Waals surface area contributed by atoms with Crippen molar-refractivity contribution in [2.24, 2.45) is 0 Å². The van der Waals surface area contributed by atoms with Crippen LogP contribution in [-0.4, -0.2) is 17.6 Å². The van der Waals surface area contributed by atoms with E-state index in [9.17, 15) is 0 Å². The molecule has 82 valence electrons. The van der Waals surface area contributed by atoms with Crippen molar-refractivity contribution >= 4 is 22.0 Å². The molecule has 1 aromatic heterocycles. The molecule has 0 saturated carbocycles. The zero-order valence-electron chi connectivity index (χ0n) is 9.42. The Hall–Kier alpha value is -0.670. The third kappa shape index (κ3) is 5.09. The predicted octanol–water partition coefficient (Wildman–Crippen LogP) is 3.25. The number of aromatic nitrogens is 1.